The number of hydrogen-bond acceptors (Lipinski definition) is 4. The van der Waals surface area contributed by atoms with Crippen molar-refractivity contribution in [3.8, 4) is 11.5 Å². The van der Waals surface area contributed by atoms with Crippen molar-refractivity contribution in [3.63, 3.8) is 0 Å². The Kier molecular flexibility index (Phi) is 2.93. The first-order valence-electron chi connectivity index (χ1n) is 8.73. The molecule has 0 aromatic heterocycles. The van der Waals surface area contributed by atoms with Gasteiger partial charge in [0.25, 0.3) is 0 Å². The first-order chi connectivity index (χ1) is 11.3. The van der Waals surface area contributed by atoms with E-state index < -0.39 is 0 Å². The van der Waals surface area contributed by atoms with Crippen LogP contribution in [0.15, 0.2) is 24.0 Å². The molecule has 0 radical (unpaired) electrons. The van der Waals surface area contributed by atoms with E-state index in [0.717, 1.165) is 43.1 Å². The van der Waals surface area contributed by atoms with Crippen molar-refractivity contribution < 1.29 is 14.2 Å². The fourth-order valence-corrected chi connectivity index (χ4v) is 5.17. The van der Waals surface area contributed by atoms with E-state index in [1.165, 1.54) is 30.5 Å². The summed E-state index contributed by atoms with van der Waals surface area (Å²) in [6.45, 7) is 2.68. The van der Waals surface area contributed by atoms with Gasteiger partial charge >= 0.3 is 0 Å². The average Bonchev–Trinajstić information content (AvgIpc) is 3.16. The zero-order chi connectivity index (χ0) is 15.4. The lowest BCUT2D eigenvalue weighted by Gasteiger charge is -2.44. The number of fused-ring (bicyclic) bond motifs is 3. The highest BCUT2D eigenvalue weighted by molar-refractivity contribution is 5.52. The van der Waals surface area contributed by atoms with Crippen LogP contribution in [0.3, 0.4) is 0 Å². The average molecular weight is 313 g/mol. The highest BCUT2D eigenvalue weighted by Gasteiger charge is 2.50. The van der Waals surface area contributed by atoms with Crippen molar-refractivity contribution >= 4 is 0 Å². The van der Waals surface area contributed by atoms with Crippen LogP contribution in [0.5, 0.6) is 11.5 Å². The Hall–Kier alpha value is -1.68. The number of rotatable bonds is 1. The molecule has 3 heterocycles. The molecule has 4 aliphatic rings. The number of ether oxygens (including phenoxy) is 3. The molecule has 1 aromatic carbocycles. The molecule has 2 atom stereocenters. The van der Waals surface area contributed by atoms with Gasteiger partial charge in [-0.1, -0.05) is 0 Å². The zero-order valence-electron chi connectivity index (χ0n) is 13.6. The summed E-state index contributed by atoms with van der Waals surface area (Å²) in [4.78, 5) is 2.70. The standard InChI is InChI=1S/C19H23NO3/c1-21-14-3-4-16-15-10-18-17(22-12-23-18)9-13(15)5-8-20-7-2-6-19(16,20)11-14/h9-11,16H,2-8,12H2,1H3/t16-,19-/m0/s1. The monoisotopic (exact) mass is 313 g/mol. The summed E-state index contributed by atoms with van der Waals surface area (Å²) in [6.07, 6.45) is 8.24. The zero-order valence-corrected chi connectivity index (χ0v) is 13.6. The van der Waals surface area contributed by atoms with Gasteiger partial charge in [0.15, 0.2) is 11.5 Å². The van der Waals surface area contributed by atoms with Crippen LogP contribution in [0.4, 0.5) is 0 Å². The molecule has 1 saturated heterocycles. The van der Waals surface area contributed by atoms with Crippen molar-refractivity contribution in [2.75, 3.05) is 27.0 Å². The van der Waals surface area contributed by atoms with Crippen molar-refractivity contribution in [2.45, 2.75) is 43.6 Å². The van der Waals surface area contributed by atoms with Gasteiger partial charge in [-0.2, -0.15) is 0 Å². The van der Waals surface area contributed by atoms with Gasteiger partial charge in [0.2, 0.25) is 6.79 Å². The van der Waals surface area contributed by atoms with Crippen LogP contribution in [-0.2, 0) is 11.2 Å². The van der Waals surface area contributed by atoms with Crippen LogP contribution in [0.2, 0.25) is 0 Å². The highest BCUT2D eigenvalue weighted by atomic mass is 16.7. The van der Waals surface area contributed by atoms with Gasteiger partial charge in [0.05, 0.1) is 12.9 Å². The maximum Gasteiger partial charge on any atom is 0.231 e. The molecule has 23 heavy (non-hydrogen) atoms. The van der Waals surface area contributed by atoms with Crippen LogP contribution in [0.25, 0.3) is 0 Å². The molecule has 5 rings (SSSR count). The second kappa shape index (κ2) is 4.91. The summed E-state index contributed by atoms with van der Waals surface area (Å²) in [5.41, 5.74) is 3.06. The second-order valence-corrected chi connectivity index (χ2v) is 7.14. The Bertz CT molecular complexity index is 683. The summed E-state index contributed by atoms with van der Waals surface area (Å²) in [7, 11) is 1.81. The SMILES string of the molecule is COC1=C[C@]23CCCN2CCc2cc4c(cc2[C@@H]3CC1)OCO4. The molecule has 1 spiro atoms. The van der Waals surface area contributed by atoms with Crippen molar-refractivity contribution in [3.05, 3.63) is 35.1 Å². The first kappa shape index (κ1) is 13.7. The van der Waals surface area contributed by atoms with Crippen LogP contribution in [0, 0.1) is 0 Å². The van der Waals surface area contributed by atoms with Gasteiger partial charge in [0.1, 0.15) is 0 Å². The maximum absolute atomic E-state index is 5.66. The number of allylic oxidation sites excluding steroid dienone is 1. The number of methoxy groups -OCH3 is 1. The number of benzene rings is 1. The van der Waals surface area contributed by atoms with E-state index in [1.807, 2.05) is 7.11 Å². The second-order valence-electron chi connectivity index (χ2n) is 7.14. The summed E-state index contributed by atoms with van der Waals surface area (Å²) >= 11 is 0. The Balaban J connectivity index is 1.67. The number of nitrogens with zero attached hydrogens (tertiary/aromatic N) is 1. The van der Waals surface area contributed by atoms with E-state index in [-0.39, 0.29) is 5.54 Å². The first-order valence-corrected chi connectivity index (χ1v) is 8.73. The van der Waals surface area contributed by atoms with Crippen LogP contribution < -0.4 is 9.47 Å². The van der Waals surface area contributed by atoms with Gasteiger partial charge < -0.3 is 14.2 Å². The summed E-state index contributed by atoms with van der Waals surface area (Å²) in [6, 6.07) is 4.49. The Labute approximate surface area is 137 Å². The molecule has 4 heteroatoms. The Morgan fingerprint density at radius 1 is 1.17 bits per heavy atom. The van der Waals surface area contributed by atoms with Crippen molar-refractivity contribution in [1.29, 1.82) is 0 Å². The lowest BCUT2D eigenvalue weighted by molar-refractivity contribution is 0.131. The molecule has 1 fully saturated rings. The van der Waals surface area contributed by atoms with Crippen LogP contribution in [0.1, 0.15) is 42.7 Å². The predicted octanol–water partition coefficient (Wildman–Crippen LogP) is 3.21. The topological polar surface area (TPSA) is 30.9 Å². The molecular weight excluding hydrogens is 290 g/mol. The van der Waals surface area contributed by atoms with Gasteiger partial charge in [-0.15, -0.1) is 0 Å². The van der Waals surface area contributed by atoms with Crippen LogP contribution in [-0.4, -0.2) is 37.4 Å². The van der Waals surface area contributed by atoms with E-state index >= 15 is 0 Å². The third-order valence-electron chi connectivity index (χ3n) is 6.21. The summed E-state index contributed by atoms with van der Waals surface area (Å²) < 4.78 is 16.9. The van der Waals surface area contributed by atoms with Crippen molar-refractivity contribution in [1.82, 2.24) is 4.90 Å². The minimum atomic E-state index is 0.141. The Morgan fingerprint density at radius 2 is 2.04 bits per heavy atom. The van der Waals surface area contributed by atoms with E-state index in [9.17, 15) is 0 Å². The van der Waals surface area contributed by atoms with E-state index in [2.05, 4.69) is 23.1 Å². The molecule has 0 amide bonds. The molecule has 0 N–H and O–H groups in total. The largest absolute Gasteiger partial charge is 0.501 e. The molecule has 1 aliphatic carbocycles. The fraction of sp³-hybridized carbons (Fsp3) is 0.579. The maximum atomic E-state index is 5.66. The van der Waals surface area contributed by atoms with Gasteiger partial charge in [-0.25, -0.2) is 0 Å². The fourth-order valence-electron chi connectivity index (χ4n) is 5.17. The van der Waals surface area contributed by atoms with Crippen LogP contribution >= 0.6 is 0 Å². The molecule has 122 valence electrons. The smallest absolute Gasteiger partial charge is 0.231 e. The molecule has 3 aliphatic heterocycles. The van der Waals surface area contributed by atoms with E-state index in [0.29, 0.717) is 12.7 Å². The molecule has 4 nitrogen and oxygen atoms in total. The molecule has 1 aromatic rings. The minimum absolute atomic E-state index is 0.141. The summed E-state index contributed by atoms with van der Waals surface area (Å²) in [5, 5.41) is 0. The van der Waals surface area contributed by atoms with E-state index in [1.54, 1.807) is 0 Å². The third-order valence-corrected chi connectivity index (χ3v) is 6.21. The van der Waals surface area contributed by atoms with Gasteiger partial charge in [-0.05, 0) is 61.6 Å². The highest BCUT2D eigenvalue weighted by Crippen LogP contribution is 2.53. The van der Waals surface area contributed by atoms with Crippen molar-refractivity contribution in [2.24, 2.45) is 0 Å². The predicted molar refractivity (Wildman–Crippen MR) is 86.9 cm³/mol. The third kappa shape index (κ3) is 1.87. The molecule has 0 bridgehead atoms. The minimum Gasteiger partial charge on any atom is -0.501 e. The number of hydrogen-bond donors (Lipinski definition) is 0. The van der Waals surface area contributed by atoms with Gasteiger partial charge in [0, 0.05) is 24.4 Å². The Morgan fingerprint density at radius 3 is 2.91 bits per heavy atom. The lowest BCUT2D eigenvalue weighted by Crippen LogP contribution is -2.48. The summed E-state index contributed by atoms with van der Waals surface area (Å²) in [5.74, 6) is 3.55. The normalized spacial score (nSPS) is 31.7. The molecular formula is C19H23NO3. The molecule has 0 unspecified atom stereocenters. The quantitative estimate of drug-likeness (QED) is 0.796. The molecule has 0 saturated carbocycles. The van der Waals surface area contributed by atoms with Gasteiger partial charge in [-0.3, -0.25) is 4.90 Å². The van der Waals surface area contributed by atoms with E-state index in [4.69, 9.17) is 14.2 Å². The lowest BCUT2D eigenvalue weighted by atomic mass is 9.71.